The maximum Gasteiger partial charge on any atom is 0.204 e. The molecule has 0 fully saturated rings. The van der Waals surface area contributed by atoms with Gasteiger partial charge in [0, 0.05) is 0 Å². The molecule has 0 aromatic heterocycles. The second-order valence-corrected chi connectivity index (χ2v) is 9.90. The predicted octanol–water partition coefficient (Wildman–Crippen LogP) is 8.34. The van der Waals surface area contributed by atoms with Crippen LogP contribution < -0.4 is 23.7 Å². The van der Waals surface area contributed by atoms with Crippen LogP contribution in [0.1, 0.15) is 32.6 Å². The van der Waals surface area contributed by atoms with E-state index in [9.17, 15) is 4.79 Å². The quantitative estimate of drug-likeness (QED) is 0.0963. The summed E-state index contributed by atoms with van der Waals surface area (Å²) in [7, 11) is 3.11. The van der Waals surface area contributed by atoms with Gasteiger partial charge < -0.3 is 23.7 Å². The first-order valence-electron chi connectivity index (χ1n) is 14.3. The molecule has 0 atom stereocenters. The largest absolute Gasteiger partial charge is 0.493 e. The first-order chi connectivity index (χ1) is 21.6. The summed E-state index contributed by atoms with van der Waals surface area (Å²) in [5.74, 6) is 2.11. The van der Waals surface area contributed by atoms with Crippen molar-refractivity contribution >= 4 is 11.9 Å². The summed E-state index contributed by atoms with van der Waals surface area (Å²) in [4.78, 5) is 13.5. The van der Waals surface area contributed by atoms with Crippen molar-refractivity contribution in [2.24, 2.45) is 0 Å². The lowest BCUT2D eigenvalue weighted by atomic mass is 10.1. The molecule has 0 saturated heterocycles. The number of hydrogen-bond acceptors (Lipinski definition) is 6. The van der Waals surface area contributed by atoms with Crippen molar-refractivity contribution in [2.75, 3.05) is 14.2 Å². The fourth-order valence-corrected chi connectivity index (χ4v) is 4.56. The van der Waals surface area contributed by atoms with E-state index in [1.807, 2.05) is 109 Å². The van der Waals surface area contributed by atoms with Crippen molar-refractivity contribution < 1.29 is 28.5 Å². The predicted molar refractivity (Wildman–Crippen MR) is 172 cm³/mol. The van der Waals surface area contributed by atoms with Gasteiger partial charge >= 0.3 is 0 Å². The van der Waals surface area contributed by atoms with E-state index in [1.54, 1.807) is 25.3 Å². The van der Waals surface area contributed by atoms with Crippen LogP contribution in [-0.2, 0) is 19.8 Å². The van der Waals surface area contributed by atoms with E-state index in [1.165, 1.54) is 13.2 Å². The monoisotopic (exact) mass is 586 g/mol. The zero-order valence-electron chi connectivity index (χ0n) is 24.8. The molecule has 5 aromatic carbocycles. The van der Waals surface area contributed by atoms with Crippen molar-refractivity contribution in [3.05, 3.63) is 155 Å². The molecule has 0 radical (unpaired) electrons. The molecule has 0 bridgehead atoms. The Morgan fingerprint density at radius 3 is 1.61 bits per heavy atom. The van der Waals surface area contributed by atoms with Crippen LogP contribution >= 0.6 is 0 Å². The minimum atomic E-state index is -0.246. The summed E-state index contributed by atoms with van der Waals surface area (Å²) < 4.78 is 29.6. The minimum Gasteiger partial charge on any atom is -0.493 e. The normalized spacial score (nSPS) is 10.8. The Labute approximate surface area is 258 Å². The van der Waals surface area contributed by atoms with Crippen LogP contribution in [0.2, 0.25) is 0 Å². The van der Waals surface area contributed by atoms with Gasteiger partial charge in [0.25, 0.3) is 0 Å². The molecule has 0 heterocycles. The number of benzene rings is 5. The SMILES string of the molecule is COc1cc(C=CC(=O)c2ccc(OCc3ccccc3)c(OCc3ccccc3)c2OC)ccc1OCc1ccccc1. The molecule has 0 aliphatic heterocycles. The number of allylic oxidation sites excluding steroid dienone is 1. The third kappa shape index (κ3) is 7.86. The highest BCUT2D eigenvalue weighted by molar-refractivity contribution is 6.09. The van der Waals surface area contributed by atoms with Gasteiger partial charge in [-0.3, -0.25) is 4.79 Å². The van der Waals surface area contributed by atoms with Crippen molar-refractivity contribution in [1.29, 1.82) is 0 Å². The van der Waals surface area contributed by atoms with E-state index >= 15 is 0 Å². The van der Waals surface area contributed by atoms with E-state index in [-0.39, 0.29) is 12.4 Å². The van der Waals surface area contributed by atoms with Crippen LogP contribution in [0.4, 0.5) is 0 Å². The molecule has 0 N–H and O–H groups in total. The molecule has 0 aliphatic carbocycles. The van der Waals surface area contributed by atoms with Crippen molar-refractivity contribution in [3.63, 3.8) is 0 Å². The Hall–Kier alpha value is -5.49. The molecule has 0 spiro atoms. The van der Waals surface area contributed by atoms with Gasteiger partial charge in [0.2, 0.25) is 5.75 Å². The van der Waals surface area contributed by atoms with Crippen LogP contribution in [0.5, 0.6) is 28.7 Å². The average Bonchev–Trinajstić information content (AvgIpc) is 3.09. The molecular formula is C38H34O6. The highest BCUT2D eigenvalue weighted by Crippen LogP contribution is 2.41. The Kier molecular flexibility index (Phi) is 10.3. The zero-order valence-corrected chi connectivity index (χ0v) is 24.8. The van der Waals surface area contributed by atoms with E-state index in [0.29, 0.717) is 47.5 Å². The van der Waals surface area contributed by atoms with Crippen LogP contribution in [0, 0.1) is 0 Å². The Morgan fingerprint density at radius 1 is 0.545 bits per heavy atom. The highest BCUT2D eigenvalue weighted by Gasteiger charge is 2.21. The number of ketones is 1. The average molecular weight is 587 g/mol. The molecule has 222 valence electrons. The Morgan fingerprint density at radius 2 is 1.07 bits per heavy atom. The van der Waals surface area contributed by atoms with Crippen LogP contribution in [0.25, 0.3) is 6.08 Å². The zero-order chi connectivity index (χ0) is 30.6. The van der Waals surface area contributed by atoms with Crippen LogP contribution in [0.15, 0.2) is 127 Å². The first kappa shape index (κ1) is 30.0. The summed E-state index contributed by atoms with van der Waals surface area (Å²) in [6, 6.07) is 38.5. The fourth-order valence-electron chi connectivity index (χ4n) is 4.56. The van der Waals surface area contributed by atoms with Crippen molar-refractivity contribution in [3.8, 4) is 28.7 Å². The molecule has 6 heteroatoms. The lowest BCUT2D eigenvalue weighted by Gasteiger charge is -2.18. The number of ether oxygens (including phenoxy) is 5. The molecule has 0 amide bonds. The summed E-state index contributed by atoms with van der Waals surface area (Å²) in [5, 5.41) is 0. The van der Waals surface area contributed by atoms with Crippen molar-refractivity contribution in [2.45, 2.75) is 19.8 Å². The van der Waals surface area contributed by atoms with Gasteiger partial charge in [-0.2, -0.15) is 0 Å². The smallest absolute Gasteiger partial charge is 0.204 e. The summed E-state index contributed by atoms with van der Waals surface area (Å²) in [6.07, 6.45) is 3.23. The van der Waals surface area contributed by atoms with Crippen LogP contribution in [-0.4, -0.2) is 20.0 Å². The van der Waals surface area contributed by atoms with Crippen molar-refractivity contribution in [1.82, 2.24) is 0 Å². The molecule has 44 heavy (non-hydrogen) atoms. The molecule has 0 unspecified atom stereocenters. The topological polar surface area (TPSA) is 63.2 Å². The molecular weight excluding hydrogens is 552 g/mol. The third-order valence-electron chi connectivity index (χ3n) is 6.86. The van der Waals surface area contributed by atoms with Gasteiger partial charge in [-0.15, -0.1) is 0 Å². The molecule has 5 rings (SSSR count). The van der Waals surface area contributed by atoms with Crippen LogP contribution in [0.3, 0.4) is 0 Å². The van der Waals surface area contributed by atoms with E-state index in [2.05, 4.69) is 0 Å². The number of carbonyl (C=O) groups excluding carboxylic acids is 1. The summed E-state index contributed by atoms with van der Waals surface area (Å²) in [5.41, 5.74) is 4.18. The van der Waals surface area contributed by atoms with E-state index < -0.39 is 0 Å². The van der Waals surface area contributed by atoms with E-state index in [0.717, 1.165) is 22.3 Å². The molecule has 0 saturated carbocycles. The molecule has 5 aromatic rings. The third-order valence-corrected chi connectivity index (χ3v) is 6.86. The maximum atomic E-state index is 13.5. The fraction of sp³-hybridized carbons (Fsp3) is 0.132. The number of carbonyl (C=O) groups is 1. The Balaban J connectivity index is 1.36. The van der Waals surface area contributed by atoms with E-state index in [4.69, 9.17) is 23.7 Å². The lowest BCUT2D eigenvalue weighted by molar-refractivity contribution is 0.104. The minimum absolute atomic E-state index is 0.246. The van der Waals surface area contributed by atoms with Gasteiger partial charge in [0.05, 0.1) is 19.8 Å². The number of rotatable bonds is 14. The van der Waals surface area contributed by atoms with Gasteiger partial charge in [-0.25, -0.2) is 0 Å². The lowest BCUT2D eigenvalue weighted by Crippen LogP contribution is -2.06. The van der Waals surface area contributed by atoms with Gasteiger partial charge in [0.15, 0.2) is 28.8 Å². The second-order valence-electron chi connectivity index (χ2n) is 9.90. The van der Waals surface area contributed by atoms with Gasteiger partial charge in [0.1, 0.15) is 19.8 Å². The van der Waals surface area contributed by atoms with Gasteiger partial charge in [-0.1, -0.05) is 103 Å². The summed E-state index contributed by atoms with van der Waals surface area (Å²) in [6.45, 7) is 1.04. The number of methoxy groups -OCH3 is 2. The first-order valence-corrected chi connectivity index (χ1v) is 14.3. The van der Waals surface area contributed by atoms with Gasteiger partial charge in [-0.05, 0) is 52.6 Å². The Bertz CT molecular complexity index is 1680. The highest BCUT2D eigenvalue weighted by atomic mass is 16.5. The molecule has 0 aliphatic rings. The standard InChI is InChI=1S/C38H34O6/c1-40-36-24-28(19-22-34(36)42-25-29-12-6-3-7-13-29)18-21-33(39)32-20-23-35(43-26-30-14-8-4-9-15-30)38(37(32)41-2)44-27-31-16-10-5-11-17-31/h3-24H,25-27H2,1-2H3. The second kappa shape index (κ2) is 15.1. The molecule has 6 nitrogen and oxygen atoms in total. The number of hydrogen-bond donors (Lipinski definition) is 0. The maximum absolute atomic E-state index is 13.5. The summed E-state index contributed by atoms with van der Waals surface area (Å²) >= 11 is 0.